The van der Waals surface area contributed by atoms with Gasteiger partial charge in [0.15, 0.2) is 0 Å². The van der Waals surface area contributed by atoms with Gasteiger partial charge in [0.2, 0.25) is 0 Å². The maximum Gasteiger partial charge on any atom is 0.405 e. The van der Waals surface area contributed by atoms with E-state index in [1.54, 1.807) is 24.5 Å². The van der Waals surface area contributed by atoms with Crippen molar-refractivity contribution in [3.05, 3.63) is 29.8 Å². The van der Waals surface area contributed by atoms with Crippen molar-refractivity contribution in [1.29, 1.82) is 0 Å². The number of carbonyl (C=O) groups excluding carboxylic acids is 1. The minimum atomic E-state index is -4.39. The quantitative estimate of drug-likeness (QED) is 0.819. The van der Waals surface area contributed by atoms with Crippen molar-refractivity contribution in [2.75, 3.05) is 13.6 Å². The molecule has 0 saturated heterocycles. The molecule has 0 aliphatic rings. The second kappa shape index (κ2) is 5.92. The van der Waals surface area contributed by atoms with Crippen molar-refractivity contribution in [2.45, 2.75) is 11.1 Å². The zero-order valence-electron chi connectivity index (χ0n) is 8.97. The van der Waals surface area contributed by atoms with Crippen LogP contribution in [0.25, 0.3) is 0 Å². The first-order valence-corrected chi connectivity index (χ1v) is 5.52. The molecule has 1 aromatic carbocycles. The number of rotatable bonds is 4. The Labute approximate surface area is 101 Å². The first kappa shape index (κ1) is 13.9. The van der Waals surface area contributed by atoms with Gasteiger partial charge in [0, 0.05) is 10.5 Å². The molecule has 0 unspecified atom stereocenters. The number of hydrogen-bond acceptors (Lipinski definition) is 3. The van der Waals surface area contributed by atoms with Gasteiger partial charge in [0.1, 0.15) is 6.54 Å². The van der Waals surface area contributed by atoms with Crippen LogP contribution < -0.4 is 10.0 Å². The molecule has 2 N–H and O–H groups in total. The van der Waals surface area contributed by atoms with E-state index in [2.05, 4.69) is 4.72 Å². The minimum Gasteiger partial charge on any atom is -0.343 e. The van der Waals surface area contributed by atoms with E-state index in [1.165, 1.54) is 24.1 Å². The highest BCUT2D eigenvalue weighted by atomic mass is 32.2. The maximum absolute atomic E-state index is 11.9. The van der Waals surface area contributed by atoms with Crippen molar-refractivity contribution < 1.29 is 18.0 Å². The molecule has 1 rings (SSSR count). The number of amides is 1. The molecule has 0 saturated carbocycles. The van der Waals surface area contributed by atoms with Crippen LogP contribution in [-0.4, -0.2) is 25.7 Å². The minimum absolute atomic E-state index is 0.203. The highest BCUT2D eigenvalue weighted by Crippen LogP contribution is 2.15. The highest BCUT2D eigenvalue weighted by Gasteiger charge is 2.27. The van der Waals surface area contributed by atoms with E-state index in [1.807, 2.05) is 0 Å². The third-order valence-electron chi connectivity index (χ3n) is 1.79. The number of benzene rings is 1. The van der Waals surface area contributed by atoms with E-state index in [0.29, 0.717) is 0 Å². The highest BCUT2D eigenvalue weighted by molar-refractivity contribution is 7.97. The lowest BCUT2D eigenvalue weighted by Crippen LogP contribution is -2.33. The van der Waals surface area contributed by atoms with Crippen LogP contribution in [0, 0.1) is 0 Å². The molecule has 1 amide bonds. The first-order chi connectivity index (χ1) is 7.92. The molecule has 0 aliphatic carbocycles. The Morgan fingerprint density at radius 2 is 1.88 bits per heavy atom. The fourth-order valence-electron chi connectivity index (χ4n) is 1.07. The second-order valence-corrected chi connectivity index (χ2v) is 4.21. The summed E-state index contributed by atoms with van der Waals surface area (Å²) in [7, 11) is 1.74. The summed E-state index contributed by atoms with van der Waals surface area (Å²) in [6.45, 7) is -1.32. The molecule has 1 aromatic rings. The molecule has 0 bridgehead atoms. The molecule has 0 spiro atoms. The van der Waals surface area contributed by atoms with Crippen LogP contribution in [0.1, 0.15) is 10.4 Å². The van der Waals surface area contributed by atoms with Crippen LogP contribution in [0.2, 0.25) is 0 Å². The van der Waals surface area contributed by atoms with Crippen LogP contribution in [0.3, 0.4) is 0 Å². The van der Waals surface area contributed by atoms with Gasteiger partial charge in [-0.1, -0.05) is 0 Å². The third kappa shape index (κ3) is 5.10. The normalized spacial score (nSPS) is 11.3. The lowest BCUT2D eigenvalue weighted by molar-refractivity contribution is -0.123. The topological polar surface area (TPSA) is 41.1 Å². The van der Waals surface area contributed by atoms with Crippen LogP contribution >= 0.6 is 11.9 Å². The molecule has 0 heterocycles. The third-order valence-corrected chi connectivity index (χ3v) is 2.50. The summed E-state index contributed by atoms with van der Waals surface area (Å²) in [5.74, 6) is -0.733. The van der Waals surface area contributed by atoms with Gasteiger partial charge in [-0.25, -0.2) is 0 Å². The Hall–Kier alpha value is -1.21. The Morgan fingerprint density at radius 3 is 2.35 bits per heavy atom. The van der Waals surface area contributed by atoms with Gasteiger partial charge in [-0.2, -0.15) is 13.2 Å². The molecule has 0 aromatic heterocycles. The van der Waals surface area contributed by atoms with Gasteiger partial charge < -0.3 is 5.32 Å². The van der Waals surface area contributed by atoms with Crippen molar-refractivity contribution >= 4 is 17.9 Å². The maximum atomic E-state index is 11.9. The van der Waals surface area contributed by atoms with E-state index in [-0.39, 0.29) is 5.56 Å². The van der Waals surface area contributed by atoms with E-state index in [4.69, 9.17) is 0 Å². The molecule has 0 fully saturated rings. The average Bonchev–Trinajstić information content (AvgIpc) is 2.26. The van der Waals surface area contributed by atoms with Crippen molar-refractivity contribution in [3.63, 3.8) is 0 Å². The van der Waals surface area contributed by atoms with Crippen LogP contribution in [0.15, 0.2) is 29.2 Å². The molecule has 3 nitrogen and oxygen atoms in total. The van der Waals surface area contributed by atoms with Gasteiger partial charge in [-0.15, -0.1) is 0 Å². The molecular weight excluding hydrogens is 253 g/mol. The summed E-state index contributed by atoms with van der Waals surface area (Å²) in [6.07, 6.45) is -4.39. The summed E-state index contributed by atoms with van der Waals surface area (Å²) >= 11 is 1.35. The largest absolute Gasteiger partial charge is 0.405 e. The van der Waals surface area contributed by atoms with E-state index in [9.17, 15) is 18.0 Å². The average molecular weight is 264 g/mol. The van der Waals surface area contributed by atoms with Gasteiger partial charge in [0.25, 0.3) is 5.91 Å². The summed E-state index contributed by atoms with van der Waals surface area (Å²) in [5, 5.41) is 1.80. The van der Waals surface area contributed by atoms with Gasteiger partial charge in [-0.3, -0.25) is 9.52 Å². The zero-order chi connectivity index (χ0) is 12.9. The molecular formula is C10H11F3N2OS. The van der Waals surface area contributed by atoms with Crippen LogP contribution in [-0.2, 0) is 0 Å². The molecule has 94 valence electrons. The van der Waals surface area contributed by atoms with Gasteiger partial charge >= 0.3 is 6.18 Å². The molecule has 7 heteroatoms. The Kier molecular flexibility index (Phi) is 4.83. The van der Waals surface area contributed by atoms with Crippen molar-refractivity contribution in [1.82, 2.24) is 10.0 Å². The Bertz CT molecular complexity index is 378. The Morgan fingerprint density at radius 1 is 1.29 bits per heavy atom. The predicted octanol–water partition coefficient (Wildman–Crippen LogP) is 2.21. The van der Waals surface area contributed by atoms with Crippen LogP contribution in [0.4, 0.5) is 13.2 Å². The fraction of sp³-hybridized carbons (Fsp3) is 0.300. The molecule has 17 heavy (non-hydrogen) atoms. The molecule has 0 radical (unpaired) electrons. The van der Waals surface area contributed by atoms with E-state index >= 15 is 0 Å². The number of halogens is 3. The number of carbonyl (C=O) groups is 1. The summed E-state index contributed by atoms with van der Waals surface area (Å²) in [4.78, 5) is 12.2. The van der Waals surface area contributed by atoms with E-state index < -0.39 is 18.6 Å². The molecule has 0 atom stereocenters. The zero-order valence-corrected chi connectivity index (χ0v) is 9.78. The lowest BCUT2D eigenvalue weighted by Gasteiger charge is -2.08. The monoisotopic (exact) mass is 264 g/mol. The fourth-order valence-corrected chi connectivity index (χ4v) is 1.58. The van der Waals surface area contributed by atoms with Crippen LogP contribution in [0.5, 0.6) is 0 Å². The second-order valence-electron chi connectivity index (χ2n) is 3.13. The summed E-state index contributed by atoms with van der Waals surface area (Å²) < 4.78 is 38.5. The van der Waals surface area contributed by atoms with Gasteiger partial charge in [0.05, 0.1) is 0 Å². The standard InChI is InChI=1S/C10H11F3N2OS/c1-14-17-8-4-2-7(3-5-8)9(16)15-6-10(11,12)13/h2-5,14H,6H2,1H3,(H,15,16). The SMILES string of the molecule is CNSc1ccc(C(=O)NCC(F)(F)F)cc1. The summed E-state index contributed by atoms with van der Waals surface area (Å²) in [5.41, 5.74) is 0.203. The van der Waals surface area contributed by atoms with Gasteiger partial charge in [-0.05, 0) is 43.3 Å². The Balaban J connectivity index is 2.57. The summed E-state index contributed by atoms with van der Waals surface area (Å²) in [6, 6.07) is 6.27. The smallest absolute Gasteiger partial charge is 0.343 e. The number of nitrogens with one attached hydrogen (secondary N) is 2. The molecule has 0 aliphatic heterocycles. The predicted molar refractivity (Wildman–Crippen MR) is 59.7 cm³/mol. The lowest BCUT2D eigenvalue weighted by atomic mass is 10.2. The van der Waals surface area contributed by atoms with Crippen molar-refractivity contribution in [3.8, 4) is 0 Å². The number of alkyl halides is 3. The van der Waals surface area contributed by atoms with Crippen molar-refractivity contribution in [2.24, 2.45) is 0 Å². The number of hydrogen-bond donors (Lipinski definition) is 2. The van der Waals surface area contributed by atoms with E-state index in [0.717, 1.165) is 4.90 Å². The first-order valence-electron chi connectivity index (χ1n) is 4.71.